The van der Waals surface area contributed by atoms with Crippen LogP contribution >= 0.6 is 15.9 Å². The maximum Gasteiger partial charge on any atom is 0.338 e. The summed E-state index contributed by atoms with van der Waals surface area (Å²) in [5, 5.41) is 0. The molecule has 3 rings (SSSR count). The molecular weight excluding hydrogens is 476 g/mol. The van der Waals surface area contributed by atoms with E-state index in [4.69, 9.17) is 9.47 Å². The molecule has 0 spiro atoms. The molecule has 166 valence electrons. The molecule has 1 unspecified atom stereocenters. The van der Waals surface area contributed by atoms with Crippen LogP contribution < -0.4 is 0 Å². The van der Waals surface area contributed by atoms with Crippen molar-refractivity contribution in [3.05, 3.63) is 28.2 Å². The summed E-state index contributed by atoms with van der Waals surface area (Å²) in [5.41, 5.74) is 0.0866. The molecule has 1 atom stereocenters. The molecule has 1 amide bonds. The number of carbonyl (C=O) groups excluding carboxylic acids is 2. The number of hydrogen-bond acceptors (Lipinski definition) is 6. The van der Waals surface area contributed by atoms with Crippen molar-refractivity contribution in [2.75, 3.05) is 39.5 Å². The first-order valence-corrected chi connectivity index (χ1v) is 12.4. The largest absolute Gasteiger partial charge is 0.452 e. The molecule has 2 fully saturated rings. The van der Waals surface area contributed by atoms with E-state index < -0.39 is 16.0 Å². The highest BCUT2D eigenvalue weighted by molar-refractivity contribution is 9.10. The van der Waals surface area contributed by atoms with E-state index in [1.54, 1.807) is 4.90 Å². The van der Waals surface area contributed by atoms with Gasteiger partial charge in [-0.05, 0) is 59.8 Å². The first kappa shape index (κ1) is 23.2. The Hall–Kier alpha value is -1.49. The first-order valence-electron chi connectivity index (χ1n) is 10.2. The number of ether oxygens (including phenoxy) is 2. The molecule has 0 aliphatic carbocycles. The fraction of sp³-hybridized carbons (Fsp3) is 0.600. The second kappa shape index (κ2) is 10.2. The van der Waals surface area contributed by atoms with Crippen LogP contribution in [-0.4, -0.2) is 75.0 Å². The third-order valence-corrected chi connectivity index (χ3v) is 8.39. The maximum atomic E-state index is 13.0. The number of likely N-dealkylation sites (tertiary alicyclic amines) is 1. The summed E-state index contributed by atoms with van der Waals surface area (Å²) in [6.07, 6.45) is 3.88. The van der Waals surface area contributed by atoms with Crippen molar-refractivity contribution in [1.82, 2.24) is 9.21 Å². The SMILES string of the molecule is CCC1CCCCN1C(=O)COC(=O)c1ccc(Br)c(S(=O)(=O)N2CCOCC2)c1. The van der Waals surface area contributed by atoms with Crippen LogP contribution in [-0.2, 0) is 24.3 Å². The molecule has 2 saturated heterocycles. The van der Waals surface area contributed by atoms with Crippen LogP contribution in [0.15, 0.2) is 27.6 Å². The van der Waals surface area contributed by atoms with Crippen molar-refractivity contribution in [1.29, 1.82) is 0 Å². The van der Waals surface area contributed by atoms with Gasteiger partial charge in [0.25, 0.3) is 5.91 Å². The van der Waals surface area contributed by atoms with E-state index in [1.807, 2.05) is 6.92 Å². The number of morpholine rings is 1. The lowest BCUT2D eigenvalue weighted by Gasteiger charge is -2.35. The van der Waals surface area contributed by atoms with Crippen molar-refractivity contribution in [3.8, 4) is 0 Å². The normalized spacial score (nSPS) is 20.7. The second-order valence-electron chi connectivity index (χ2n) is 7.38. The number of rotatable bonds is 6. The number of hydrogen-bond donors (Lipinski definition) is 0. The van der Waals surface area contributed by atoms with Gasteiger partial charge in [-0.1, -0.05) is 6.92 Å². The number of amides is 1. The van der Waals surface area contributed by atoms with Gasteiger partial charge in [-0.15, -0.1) is 0 Å². The molecule has 0 radical (unpaired) electrons. The highest BCUT2D eigenvalue weighted by Gasteiger charge is 2.30. The van der Waals surface area contributed by atoms with Crippen molar-refractivity contribution in [3.63, 3.8) is 0 Å². The summed E-state index contributed by atoms with van der Waals surface area (Å²) < 4.78 is 38.0. The third-order valence-electron chi connectivity index (χ3n) is 5.50. The molecule has 1 aromatic carbocycles. The Labute approximate surface area is 185 Å². The number of benzene rings is 1. The minimum absolute atomic E-state index is 0.00717. The number of sulfonamides is 1. The molecule has 2 heterocycles. The Bertz CT molecular complexity index is 885. The van der Waals surface area contributed by atoms with E-state index in [0.29, 0.717) is 24.2 Å². The molecule has 30 heavy (non-hydrogen) atoms. The summed E-state index contributed by atoms with van der Waals surface area (Å²) in [6.45, 7) is 3.54. The van der Waals surface area contributed by atoms with Crippen LogP contribution in [0.5, 0.6) is 0 Å². The predicted molar refractivity (Wildman–Crippen MR) is 114 cm³/mol. The Morgan fingerprint density at radius 2 is 1.93 bits per heavy atom. The lowest BCUT2D eigenvalue weighted by Crippen LogP contribution is -2.45. The predicted octanol–water partition coefficient (Wildman–Crippen LogP) is 2.42. The van der Waals surface area contributed by atoms with Gasteiger partial charge >= 0.3 is 5.97 Å². The molecule has 0 saturated carbocycles. The van der Waals surface area contributed by atoms with E-state index in [1.165, 1.54) is 22.5 Å². The maximum absolute atomic E-state index is 13.0. The molecular formula is C20H27BrN2O6S. The average Bonchev–Trinajstić information content (AvgIpc) is 2.77. The van der Waals surface area contributed by atoms with Gasteiger partial charge in [0.2, 0.25) is 10.0 Å². The highest BCUT2D eigenvalue weighted by Crippen LogP contribution is 2.27. The van der Waals surface area contributed by atoms with Crippen LogP contribution in [0.4, 0.5) is 0 Å². The zero-order valence-corrected chi connectivity index (χ0v) is 19.4. The fourth-order valence-electron chi connectivity index (χ4n) is 3.80. The zero-order chi connectivity index (χ0) is 21.7. The smallest absolute Gasteiger partial charge is 0.338 e. The summed E-state index contributed by atoms with van der Waals surface area (Å²) in [4.78, 5) is 26.8. The quantitative estimate of drug-likeness (QED) is 0.554. The Morgan fingerprint density at radius 1 is 1.20 bits per heavy atom. The standard InChI is InChI=1S/C20H27BrN2O6S/c1-2-16-5-3-4-8-23(16)19(24)14-29-20(25)15-6-7-17(21)18(13-15)30(26,27)22-9-11-28-12-10-22/h6-7,13,16H,2-5,8-12,14H2,1H3. The number of esters is 1. The van der Waals surface area contributed by atoms with Crippen LogP contribution in [0.3, 0.4) is 0 Å². The third kappa shape index (κ3) is 5.22. The lowest BCUT2D eigenvalue weighted by atomic mass is 10.00. The molecule has 2 aliphatic heterocycles. The van der Waals surface area contributed by atoms with Crippen LogP contribution in [0.2, 0.25) is 0 Å². The molecule has 0 aromatic heterocycles. The van der Waals surface area contributed by atoms with Gasteiger partial charge in [-0.25, -0.2) is 13.2 Å². The summed E-state index contributed by atoms with van der Waals surface area (Å²) >= 11 is 3.26. The minimum Gasteiger partial charge on any atom is -0.452 e. The van der Waals surface area contributed by atoms with Crippen molar-refractivity contribution in [2.45, 2.75) is 43.5 Å². The van der Waals surface area contributed by atoms with Gasteiger partial charge < -0.3 is 14.4 Å². The van der Waals surface area contributed by atoms with E-state index >= 15 is 0 Å². The van der Waals surface area contributed by atoms with E-state index in [2.05, 4.69) is 15.9 Å². The fourth-order valence-corrected chi connectivity index (χ4v) is 6.16. The Balaban J connectivity index is 1.69. The van der Waals surface area contributed by atoms with Gasteiger partial charge in [0.1, 0.15) is 0 Å². The molecule has 0 N–H and O–H groups in total. The van der Waals surface area contributed by atoms with Crippen LogP contribution in [0.25, 0.3) is 0 Å². The number of halogens is 1. The van der Waals surface area contributed by atoms with Gasteiger partial charge in [-0.2, -0.15) is 4.31 Å². The monoisotopic (exact) mass is 502 g/mol. The topological polar surface area (TPSA) is 93.2 Å². The first-order chi connectivity index (χ1) is 14.3. The molecule has 8 nitrogen and oxygen atoms in total. The van der Waals surface area contributed by atoms with Crippen LogP contribution in [0, 0.1) is 0 Å². The summed E-state index contributed by atoms with van der Waals surface area (Å²) in [7, 11) is -3.78. The van der Waals surface area contributed by atoms with E-state index in [0.717, 1.165) is 25.7 Å². The summed E-state index contributed by atoms with van der Waals surface area (Å²) in [5.74, 6) is -0.937. The van der Waals surface area contributed by atoms with Gasteiger partial charge in [0.05, 0.1) is 23.7 Å². The highest BCUT2D eigenvalue weighted by atomic mass is 79.9. The van der Waals surface area contributed by atoms with E-state index in [9.17, 15) is 18.0 Å². The zero-order valence-electron chi connectivity index (χ0n) is 17.0. The van der Waals surface area contributed by atoms with Crippen molar-refractivity contribution >= 4 is 37.8 Å². The number of carbonyl (C=O) groups is 2. The van der Waals surface area contributed by atoms with Gasteiger partial charge in [0, 0.05) is 30.1 Å². The van der Waals surface area contributed by atoms with Gasteiger partial charge in [0.15, 0.2) is 6.61 Å². The van der Waals surface area contributed by atoms with Crippen molar-refractivity contribution in [2.24, 2.45) is 0 Å². The van der Waals surface area contributed by atoms with Crippen molar-refractivity contribution < 1.29 is 27.5 Å². The van der Waals surface area contributed by atoms with E-state index in [-0.39, 0.29) is 42.1 Å². The lowest BCUT2D eigenvalue weighted by molar-refractivity contribution is -0.138. The Kier molecular flexibility index (Phi) is 7.89. The second-order valence-corrected chi connectivity index (χ2v) is 10.1. The van der Waals surface area contributed by atoms with Gasteiger partial charge in [-0.3, -0.25) is 4.79 Å². The van der Waals surface area contributed by atoms with Crippen LogP contribution in [0.1, 0.15) is 43.0 Å². The molecule has 2 aliphatic rings. The molecule has 1 aromatic rings. The Morgan fingerprint density at radius 3 is 2.63 bits per heavy atom. The minimum atomic E-state index is -3.78. The average molecular weight is 503 g/mol. The molecule has 0 bridgehead atoms. The number of piperidine rings is 1. The molecule has 10 heteroatoms. The number of nitrogens with zero attached hydrogens (tertiary/aromatic N) is 2. The summed E-state index contributed by atoms with van der Waals surface area (Å²) in [6, 6.07) is 4.45.